The normalized spacial score (nSPS) is 22.7. The number of hydrogen-bond donors (Lipinski definition) is 1. The molecule has 80 heavy (non-hydrogen) atoms. The highest BCUT2D eigenvalue weighted by atomic mass is 16.8. The minimum Gasteiger partial charge on any atom is -0.457 e. The Morgan fingerprint density at radius 3 is 1.30 bits per heavy atom. The van der Waals surface area contributed by atoms with Crippen molar-refractivity contribution in [3.63, 3.8) is 0 Å². The summed E-state index contributed by atoms with van der Waals surface area (Å²) in [6, 6.07) is 59.2. The molecule has 0 radical (unpaired) electrons. The number of nitrogens with one attached hydrogen (secondary N) is 1. The standard InChI is InChI=1S/C62H63N3O15/c1-43(66)77-57-54(42-72-36-45-22-10-3-11-23-45)79-62(60(75-39-48-28-16-6-17-29-48)59(57)74-38-47-26-14-5-15-27-47)80-56-53(41-71-35-44-20-8-2-9-21-44)78-61(76-40-49-30-18-7-19-31-49)55(58(56)73-37-46-24-12-4-13-25-46)63-51-33-32-50(64(67)68)34-52(51)65(69)70/h2-34,53-63H,35-42H2,1H3/t53-,54-,55-,56-,57-,58-,59+,60-,61-,62-/m1/s1. The van der Waals surface area contributed by atoms with E-state index in [-0.39, 0.29) is 58.5 Å². The third kappa shape index (κ3) is 16.0. The van der Waals surface area contributed by atoms with Crippen molar-refractivity contribution in [1.82, 2.24) is 0 Å². The molecule has 0 bridgehead atoms. The average molecular weight is 1090 g/mol. The number of nitro groups is 2. The SMILES string of the molecule is CC(=O)O[C@H]1[C@H](OCc2ccccc2)[C@@H](OCc2ccccc2)[C@@H](O[C@H]2[C@H](OCc3ccccc3)[C@@H](Nc3ccc([N+](=O)[O-])cc3[N+](=O)[O-])[C@H](OCc3ccccc3)O[C@@H]2COCc2ccccc2)O[C@@H]1COCc1ccccc1. The van der Waals surface area contributed by atoms with E-state index in [1.54, 1.807) is 0 Å². The van der Waals surface area contributed by atoms with Crippen molar-refractivity contribution < 1.29 is 62.0 Å². The number of non-ortho nitro benzene ring substituents is 1. The van der Waals surface area contributed by atoms with Gasteiger partial charge in [-0.1, -0.05) is 182 Å². The summed E-state index contributed by atoms with van der Waals surface area (Å²) in [6.07, 6.45) is -10.4. The number of rotatable bonds is 27. The van der Waals surface area contributed by atoms with E-state index in [1.165, 1.54) is 19.1 Å². The van der Waals surface area contributed by atoms with Gasteiger partial charge in [-0.15, -0.1) is 0 Å². The number of hydrogen-bond acceptors (Lipinski definition) is 16. The first-order valence-electron chi connectivity index (χ1n) is 26.3. The molecule has 1 N–H and O–H groups in total. The number of ether oxygens (including phenoxy) is 10. The van der Waals surface area contributed by atoms with Crippen LogP contribution in [0.3, 0.4) is 0 Å². The zero-order chi connectivity index (χ0) is 55.5. The van der Waals surface area contributed by atoms with E-state index in [9.17, 15) is 25.0 Å². The molecule has 0 unspecified atom stereocenters. The molecule has 18 heteroatoms. The van der Waals surface area contributed by atoms with E-state index >= 15 is 0 Å². The van der Waals surface area contributed by atoms with Crippen LogP contribution >= 0.6 is 0 Å². The molecular formula is C62H63N3O15. The molecule has 0 aliphatic carbocycles. The molecule has 2 heterocycles. The van der Waals surface area contributed by atoms with Crippen molar-refractivity contribution in [2.75, 3.05) is 18.5 Å². The summed E-state index contributed by atoms with van der Waals surface area (Å²) in [6.45, 7) is 1.65. The lowest BCUT2D eigenvalue weighted by Gasteiger charge is -2.50. The summed E-state index contributed by atoms with van der Waals surface area (Å²) < 4.78 is 68.0. The fraction of sp³-hybridized carbons (Fsp3) is 0.306. The lowest BCUT2D eigenvalue weighted by Crippen LogP contribution is -2.67. The monoisotopic (exact) mass is 1090 g/mol. The number of benzene rings is 7. The van der Waals surface area contributed by atoms with E-state index in [0.29, 0.717) is 0 Å². The molecule has 0 spiro atoms. The van der Waals surface area contributed by atoms with Crippen LogP contribution in [-0.2, 0) is 91.8 Å². The van der Waals surface area contributed by atoms with Gasteiger partial charge >= 0.3 is 5.97 Å². The molecular weight excluding hydrogens is 1030 g/mol. The molecule has 2 aliphatic rings. The van der Waals surface area contributed by atoms with Crippen molar-refractivity contribution in [3.8, 4) is 0 Å². The maximum Gasteiger partial charge on any atom is 0.303 e. The predicted molar refractivity (Wildman–Crippen MR) is 293 cm³/mol. The zero-order valence-electron chi connectivity index (χ0n) is 44.0. The highest BCUT2D eigenvalue weighted by molar-refractivity contribution is 5.66. The first-order valence-corrected chi connectivity index (χ1v) is 26.3. The second kappa shape index (κ2) is 28.9. The predicted octanol–water partition coefficient (Wildman–Crippen LogP) is 10.5. The van der Waals surface area contributed by atoms with E-state index < -0.39 is 88.5 Å². The van der Waals surface area contributed by atoms with Crippen LogP contribution in [0.25, 0.3) is 0 Å². The van der Waals surface area contributed by atoms with Gasteiger partial charge in [0.2, 0.25) is 0 Å². The van der Waals surface area contributed by atoms with E-state index in [2.05, 4.69) is 5.32 Å². The van der Waals surface area contributed by atoms with Crippen LogP contribution in [0.2, 0.25) is 0 Å². The smallest absolute Gasteiger partial charge is 0.303 e. The molecule has 2 saturated heterocycles. The first-order chi connectivity index (χ1) is 39.1. The van der Waals surface area contributed by atoms with Crippen LogP contribution in [0.15, 0.2) is 200 Å². The minimum atomic E-state index is -1.37. The van der Waals surface area contributed by atoms with Crippen LogP contribution < -0.4 is 5.32 Å². The van der Waals surface area contributed by atoms with Gasteiger partial charge in [-0.25, -0.2) is 0 Å². The fourth-order valence-electron chi connectivity index (χ4n) is 9.55. The van der Waals surface area contributed by atoms with Crippen molar-refractivity contribution in [1.29, 1.82) is 0 Å². The number of carbonyl (C=O) groups is 1. The Morgan fingerprint density at radius 1 is 0.463 bits per heavy atom. The molecule has 2 aliphatic heterocycles. The van der Waals surface area contributed by atoms with Crippen molar-refractivity contribution >= 4 is 23.0 Å². The molecule has 0 aromatic heterocycles. The summed E-state index contributed by atoms with van der Waals surface area (Å²) in [5.41, 5.74) is 3.86. The summed E-state index contributed by atoms with van der Waals surface area (Å²) in [7, 11) is 0. The van der Waals surface area contributed by atoms with E-state index in [0.717, 1.165) is 39.4 Å². The number of anilines is 1. The maximum atomic E-state index is 13.2. The Kier molecular flexibility index (Phi) is 20.6. The van der Waals surface area contributed by atoms with Crippen LogP contribution in [0.5, 0.6) is 0 Å². The van der Waals surface area contributed by atoms with Gasteiger partial charge in [-0.3, -0.25) is 25.0 Å². The first kappa shape index (κ1) is 57.0. The van der Waals surface area contributed by atoms with Gasteiger partial charge in [0.05, 0.1) is 68.8 Å². The molecule has 2 fully saturated rings. The molecule has 0 amide bonds. The number of esters is 1. The van der Waals surface area contributed by atoms with E-state index in [4.69, 9.17) is 47.4 Å². The lowest BCUT2D eigenvalue weighted by molar-refractivity contribution is -0.393. The molecule has 18 nitrogen and oxygen atoms in total. The Bertz CT molecular complexity index is 3010. The lowest BCUT2D eigenvalue weighted by atomic mass is 9.94. The van der Waals surface area contributed by atoms with Crippen molar-refractivity contribution in [2.24, 2.45) is 0 Å². The van der Waals surface area contributed by atoms with Gasteiger partial charge in [-0.05, 0) is 39.4 Å². The molecule has 10 atom stereocenters. The van der Waals surface area contributed by atoms with Crippen LogP contribution in [-0.4, -0.2) is 90.4 Å². The Labute approximate surface area is 463 Å². The largest absolute Gasteiger partial charge is 0.457 e. The van der Waals surface area contributed by atoms with Crippen molar-refractivity contribution in [3.05, 3.63) is 254 Å². The van der Waals surface area contributed by atoms with Gasteiger partial charge < -0.3 is 52.7 Å². The van der Waals surface area contributed by atoms with E-state index in [1.807, 2.05) is 182 Å². The third-order valence-electron chi connectivity index (χ3n) is 13.4. The number of nitro benzene ring substituents is 2. The van der Waals surface area contributed by atoms with Gasteiger partial charge in [0.25, 0.3) is 11.4 Å². The Morgan fingerprint density at radius 2 is 0.863 bits per heavy atom. The van der Waals surface area contributed by atoms with Crippen LogP contribution in [0, 0.1) is 20.2 Å². The van der Waals surface area contributed by atoms with Gasteiger partial charge in [0, 0.05) is 13.0 Å². The quantitative estimate of drug-likeness (QED) is 0.0289. The summed E-state index contributed by atoms with van der Waals surface area (Å²) in [5, 5.41) is 28.1. The fourth-order valence-corrected chi connectivity index (χ4v) is 9.55. The highest BCUT2D eigenvalue weighted by Gasteiger charge is 2.55. The molecule has 416 valence electrons. The summed E-state index contributed by atoms with van der Waals surface area (Å²) in [5.74, 6) is -0.595. The topological polar surface area (TPSA) is 208 Å². The summed E-state index contributed by atoms with van der Waals surface area (Å²) >= 11 is 0. The minimum absolute atomic E-state index is 0.00163. The second-order valence-corrected chi connectivity index (χ2v) is 19.2. The molecule has 9 rings (SSSR count). The number of nitrogens with zero attached hydrogens (tertiary/aromatic N) is 2. The summed E-state index contributed by atoms with van der Waals surface area (Å²) in [4.78, 5) is 36.6. The maximum absolute atomic E-state index is 13.2. The van der Waals surface area contributed by atoms with Gasteiger partial charge in [-0.2, -0.15) is 0 Å². The molecule has 7 aromatic carbocycles. The zero-order valence-corrected chi connectivity index (χ0v) is 44.0. The third-order valence-corrected chi connectivity index (χ3v) is 13.4. The van der Waals surface area contributed by atoms with Crippen LogP contribution in [0.4, 0.5) is 17.1 Å². The van der Waals surface area contributed by atoms with Crippen LogP contribution in [0.1, 0.15) is 40.3 Å². The van der Waals surface area contributed by atoms with Crippen molar-refractivity contribution in [2.45, 2.75) is 108 Å². The average Bonchev–Trinajstić information content (AvgIpc) is 3.49. The Hall–Kier alpha value is -7.75. The van der Waals surface area contributed by atoms with Gasteiger partial charge in [0.1, 0.15) is 48.4 Å². The molecule has 7 aromatic rings. The second-order valence-electron chi connectivity index (χ2n) is 19.2. The Balaban J connectivity index is 1.16. The highest BCUT2D eigenvalue weighted by Crippen LogP contribution is 2.38. The van der Waals surface area contributed by atoms with Gasteiger partial charge in [0.15, 0.2) is 18.7 Å². The molecule has 0 saturated carbocycles. The number of carbonyl (C=O) groups excluding carboxylic acids is 1.